The van der Waals surface area contributed by atoms with E-state index in [1.165, 1.54) is 45.1 Å². The molecule has 2 aliphatic carbocycles. The Morgan fingerprint density at radius 1 is 1.36 bits per heavy atom. The predicted octanol–water partition coefficient (Wildman–Crippen LogP) is 2.34. The van der Waals surface area contributed by atoms with Crippen molar-refractivity contribution in [3.8, 4) is 0 Å². The van der Waals surface area contributed by atoms with E-state index in [9.17, 15) is 0 Å². The zero-order valence-electron chi connectivity index (χ0n) is 9.35. The molecule has 2 saturated carbocycles. The van der Waals surface area contributed by atoms with E-state index in [4.69, 9.17) is 4.74 Å². The third kappa shape index (κ3) is 3.25. The van der Waals surface area contributed by atoms with Crippen LogP contribution in [0.1, 0.15) is 45.4 Å². The SMILES string of the molecule is CCOCCCC1(CNC2CC2)CC1. The van der Waals surface area contributed by atoms with Crippen LogP contribution in [-0.4, -0.2) is 25.8 Å². The van der Waals surface area contributed by atoms with E-state index in [1.807, 2.05) is 0 Å². The molecule has 14 heavy (non-hydrogen) atoms. The van der Waals surface area contributed by atoms with Gasteiger partial charge in [0.1, 0.15) is 0 Å². The van der Waals surface area contributed by atoms with Crippen molar-refractivity contribution in [3.05, 3.63) is 0 Å². The van der Waals surface area contributed by atoms with Gasteiger partial charge in [-0.1, -0.05) is 0 Å². The van der Waals surface area contributed by atoms with Crippen molar-refractivity contribution in [2.45, 2.75) is 51.5 Å². The van der Waals surface area contributed by atoms with Crippen LogP contribution in [0.4, 0.5) is 0 Å². The van der Waals surface area contributed by atoms with E-state index < -0.39 is 0 Å². The summed E-state index contributed by atoms with van der Waals surface area (Å²) in [7, 11) is 0. The molecule has 0 heterocycles. The number of hydrogen-bond donors (Lipinski definition) is 1. The molecule has 2 fully saturated rings. The quantitative estimate of drug-likeness (QED) is 0.603. The Hall–Kier alpha value is -0.0800. The minimum absolute atomic E-state index is 0.680. The van der Waals surface area contributed by atoms with Crippen LogP contribution in [0.15, 0.2) is 0 Å². The summed E-state index contributed by atoms with van der Waals surface area (Å²) >= 11 is 0. The summed E-state index contributed by atoms with van der Waals surface area (Å²) in [4.78, 5) is 0. The third-order valence-corrected chi connectivity index (χ3v) is 3.50. The highest BCUT2D eigenvalue weighted by Gasteiger charge is 2.42. The zero-order chi connectivity index (χ0) is 9.86. The average molecular weight is 197 g/mol. The third-order valence-electron chi connectivity index (χ3n) is 3.50. The van der Waals surface area contributed by atoms with Crippen molar-refractivity contribution in [3.63, 3.8) is 0 Å². The van der Waals surface area contributed by atoms with Gasteiger partial charge in [0.25, 0.3) is 0 Å². The second-order valence-corrected chi connectivity index (χ2v) is 4.96. The minimum Gasteiger partial charge on any atom is -0.382 e. The first-order valence-electron chi connectivity index (χ1n) is 6.16. The van der Waals surface area contributed by atoms with E-state index in [-0.39, 0.29) is 0 Å². The van der Waals surface area contributed by atoms with Crippen molar-refractivity contribution in [2.75, 3.05) is 19.8 Å². The monoisotopic (exact) mass is 197 g/mol. The van der Waals surface area contributed by atoms with Crippen LogP contribution in [0.2, 0.25) is 0 Å². The molecule has 0 aromatic rings. The van der Waals surface area contributed by atoms with Crippen LogP contribution in [0.25, 0.3) is 0 Å². The highest BCUT2D eigenvalue weighted by atomic mass is 16.5. The molecule has 0 bridgehead atoms. The first-order valence-corrected chi connectivity index (χ1v) is 6.16. The first kappa shape index (κ1) is 10.4. The number of hydrogen-bond acceptors (Lipinski definition) is 2. The van der Waals surface area contributed by atoms with E-state index in [0.29, 0.717) is 5.41 Å². The molecule has 0 aromatic carbocycles. The lowest BCUT2D eigenvalue weighted by Crippen LogP contribution is -2.26. The summed E-state index contributed by atoms with van der Waals surface area (Å²) in [6.07, 6.45) is 8.33. The van der Waals surface area contributed by atoms with Gasteiger partial charge in [-0.25, -0.2) is 0 Å². The molecule has 0 saturated heterocycles. The lowest BCUT2D eigenvalue weighted by Gasteiger charge is -2.15. The fourth-order valence-electron chi connectivity index (χ4n) is 2.03. The van der Waals surface area contributed by atoms with Gasteiger partial charge in [-0.15, -0.1) is 0 Å². The van der Waals surface area contributed by atoms with E-state index in [2.05, 4.69) is 12.2 Å². The molecular formula is C12H23NO. The molecule has 2 aliphatic rings. The van der Waals surface area contributed by atoms with Crippen LogP contribution in [0, 0.1) is 5.41 Å². The summed E-state index contributed by atoms with van der Waals surface area (Å²) in [6, 6.07) is 0.874. The van der Waals surface area contributed by atoms with Gasteiger partial charge in [0.05, 0.1) is 0 Å². The number of nitrogens with one attached hydrogen (secondary N) is 1. The fraction of sp³-hybridized carbons (Fsp3) is 1.00. The average Bonchev–Trinajstić information content (AvgIpc) is 3.04. The molecule has 0 amide bonds. The molecule has 2 heteroatoms. The van der Waals surface area contributed by atoms with Crippen molar-refractivity contribution < 1.29 is 4.74 Å². The van der Waals surface area contributed by atoms with Crippen molar-refractivity contribution >= 4 is 0 Å². The second-order valence-electron chi connectivity index (χ2n) is 4.96. The van der Waals surface area contributed by atoms with Crippen molar-refractivity contribution in [2.24, 2.45) is 5.41 Å². The molecule has 0 atom stereocenters. The summed E-state index contributed by atoms with van der Waals surface area (Å²) in [5, 5.41) is 3.66. The summed E-state index contributed by atoms with van der Waals surface area (Å²) in [5.41, 5.74) is 0.680. The lowest BCUT2D eigenvalue weighted by atomic mass is 10.0. The van der Waals surface area contributed by atoms with Crippen molar-refractivity contribution in [1.82, 2.24) is 5.32 Å². The van der Waals surface area contributed by atoms with Gasteiger partial charge in [-0.3, -0.25) is 0 Å². The lowest BCUT2D eigenvalue weighted by molar-refractivity contribution is 0.138. The minimum atomic E-state index is 0.680. The van der Waals surface area contributed by atoms with Gasteiger partial charge < -0.3 is 10.1 Å². The van der Waals surface area contributed by atoms with Gasteiger partial charge in [0.2, 0.25) is 0 Å². The Balaban J connectivity index is 1.53. The maximum absolute atomic E-state index is 5.37. The molecule has 1 N–H and O–H groups in total. The molecule has 0 unspecified atom stereocenters. The molecule has 2 rings (SSSR count). The molecule has 0 aromatic heterocycles. The fourth-order valence-corrected chi connectivity index (χ4v) is 2.03. The normalized spacial score (nSPS) is 23.8. The predicted molar refractivity (Wildman–Crippen MR) is 58.4 cm³/mol. The number of rotatable bonds is 8. The van der Waals surface area contributed by atoms with Crippen LogP contribution in [0.5, 0.6) is 0 Å². The van der Waals surface area contributed by atoms with Gasteiger partial charge in [-0.05, 0) is 50.9 Å². The van der Waals surface area contributed by atoms with E-state index in [1.54, 1.807) is 0 Å². The molecule has 2 nitrogen and oxygen atoms in total. The number of ether oxygens (including phenoxy) is 1. The van der Waals surface area contributed by atoms with Crippen LogP contribution < -0.4 is 5.32 Å². The summed E-state index contributed by atoms with van der Waals surface area (Å²) < 4.78 is 5.37. The highest BCUT2D eigenvalue weighted by molar-refractivity contribution is 4.96. The topological polar surface area (TPSA) is 21.3 Å². The molecule has 0 spiro atoms. The van der Waals surface area contributed by atoms with Gasteiger partial charge in [0.15, 0.2) is 0 Å². The first-order chi connectivity index (χ1) is 6.85. The molecule has 82 valence electrons. The van der Waals surface area contributed by atoms with Crippen LogP contribution in [-0.2, 0) is 4.74 Å². The Morgan fingerprint density at radius 2 is 2.14 bits per heavy atom. The molecule has 0 radical (unpaired) electrons. The standard InChI is InChI=1S/C12H23NO/c1-2-14-9-3-6-12(7-8-12)10-13-11-4-5-11/h11,13H,2-10H2,1H3. The summed E-state index contributed by atoms with van der Waals surface area (Å²) in [6.45, 7) is 5.17. The summed E-state index contributed by atoms with van der Waals surface area (Å²) in [5.74, 6) is 0. The second kappa shape index (κ2) is 4.63. The Labute approximate surface area is 87.4 Å². The zero-order valence-corrected chi connectivity index (χ0v) is 9.35. The van der Waals surface area contributed by atoms with Gasteiger partial charge >= 0.3 is 0 Å². The maximum Gasteiger partial charge on any atom is 0.0466 e. The Morgan fingerprint density at radius 3 is 2.71 bits per heavy atom. The molecular weight excluding hydrogens is 174 g/mol. The van der Waals surface area contributed by atoms with Gasteiger partial charge in [-0.2, -0.15) is 0 Å². The van der Waals surface area contributed by atoms with Crippen molar-refractivity contribution in [1.29, 1.82) is 0 Å². The van der Waals surface area contributed by atoms with Crippen LogP contribution in [0.3, 0.4) is 0 Å². The van der Waals surface area contributed by atoms with Gasteiger partial charge in [0, 0.05) is 25.8 Å². The Kier molecular flexibility index (Phi) is 3.45. The highest BCUT2D eigenvalue weighted by Crippen LogP contribution is 2.49. The van der Waals surface area contributed by atoms with Crippen LogP contribution >= 0.6 is 0 Å². The maximum atomic E-state index is 5.37. The Bertz CT molecular complexity index is 173. The van der Waals surface area contributed by atoms with E-state index >= 15 is 0 Å². The van der Waals surface area contributed by atoms with E-state index in [0.717, 1.165) is 19.3 Å². The molecule has 0 aliphatic heterocycles. The smallest absolute Gasteiger partial charge is 0.0466 e. The largest absolute Gasteiger partial charge is 0.382 e.